The molecule has 3 heteroatoms. The van der Waals surface area contributed by atoms with Gasteiger partial charge in [-0.05, 0) is 32.9 Å². The number of hydrogen-bond acceptors (Lipinski definition) is 2. The molecule has 1 aromatic rings. The molecule has 3 nitrogen and oxygen atoms in total. The van der Waals surface area contributed by atoms with Crippen LogP contribution in [0.5, 0.6) is 0 Å². The number of hydrogen-bond donors (Lipinski definition) is 1. The van der Waals surface area contributed by atoms with E-state index in [2.05, 4.69) is 19.2 Å². The van der Waals surface area contributed by atoms with E-state index in [1.54, 1.807) is 0 Å². The minimum atomic E-state index is 0.144. The number of nitrogens with one attached hydrogen (secondary N) is 1. The van der Waals surface area contributed by atoms with Gasteiger partial charge >= 0.3 is 0 Å². The maximum atomic E-state index is 12.4. The molecule has 2 rings (SSSR count). The molecule has 0 radical (unpaired) electrons. The summed E-state index contributed by atoms with van der Waals surface area (Å²) in [6.45, 7) is 7.89. The molecule has 1 aromatic carbocycles. The Hall–Kier alpha value is -1.35. The van der Waals surface area contributed by atoms with E-state index >= 15 is 0 Å². The molecule has 1 saturated heterocycles. The van der Waals surface area contributed by atoms with Crippen molar-refractivity contribution in [2.24, 2.45) is 0 Å². The Morgan fingerprint density at radius 3 is 2.59 bits per heavy atom. The highest BCUT2D eigenvalue weighted by Gasteiger charge is 2.26. The first kappa shape index (κ1) is 12.1. The van der Waals surface area contributed by atoms with Gasteiger partial charge in [0.25, 0.3) is 5.91 Å². The summed E-state index contributed by atoms with van der Waals surface area (Å²) in [7, 11) is 0. The fraction of sp³-hybridized carbons (Fsp3) is 0.500. The van der Waals surface area contributed by atoms with Crippen molar-refractivity contribution in [3.05, 3.63) is 35.4 Å². The summed E-state index contributed by atoms with van der Waals surface area (Å²) in [6.07, 6.45) is 0. The Morgan fingerprint density at radius 2 is 1.94 bits per heavy atom. The van der Waals surface area contributed by atoms with Crippen LogP contribution in [0.3, 0.4) is 0 Å². The van der Waals surface area contributed by atoms with E-state index in [9.17, 15) is 4.79 Å². The second-order valence-electron chi connectivity index (χ2n) is 4.98. The molecule has 0 spiro atoms. The van der Waals surface area contributed by atoms with E-state index in [0.717, 1.165) is 18.7 Å². The molecule has 1 fully saturated rings. The Morgan fingerprint density at radius 1 is 1.29 bits per heavy atom. The van der Waals surface area contributed by atoms with Crippen molar-refractivity contribution in [1.82, 2.24) is 10.2 Å². The first-order valence-electron chi connectivity index (χ1n) is 6.19. The zero-order valence-corrected chi connectivity index (χ0v) is 10.7. The standard InChI is InChI=1S/C14H20N2O/c1-10-4-6-13(7-5-10)14(17)16-9-11(2)15-8-12(16)3/h4-7,11-12,15H,8-9H2,1-3H3. The van der Waals surface area contributed by atoms with Gasteiger partial charge in [-0.2, -0.15) is 0 Å². The second-order valence-corrected chi connectivity index (χ2v) is 4.98. The summed E-state index contributed by atoms with van der Waals surface area (Å²) in [5.74, 6) is 0.144. The van der Waals surface area contributed by atoms with Gasteiger partial charge in [0.05, 0.1) is 0 Å². The molecule has 92 valence electrons. The highest BCUT2D eigenvalue weighted by atomic mass is 16.2. The number of benzene rings is 1. The average molecular weight is 232 g/mol. The molecule has 0 bridgehead atoms. The van der Waals surface area contributed by atoms with Crippen LogP contribution < -0.4 is 5.32 Å². The van der Waals surface area contributed by atoms with Crippen LogP contribution in [-0.2, 0) is 0 Å². The van der Waals surface area contributed by atoms with Crippen LogP contribution in [0.15, 0.2) is 24.3 Å². The fourth-order valence-electron chi connectivity index (χ4n) is 2.17. The molecule has 0 aromatic heterocycles. The fourth-order valence-corrected chi connectivity index (χ4v) is 2.17. The van der Waals surface area contributed by atoms with Gasteiger partial charge in [0.2, 0.25) is 0 Å². The smallest absolute Gasteiger partial charge is 0.254 e. The average Bonchev–Trinajstić information content (AvgIpc) is 2.32. The second kappa shape index (κ2) is 4.88. The van der Waals surface area contributed by atoms with Crippen molar-refractivity contribution in [2.75, 3.05) is 13.1 Å². The molecular weight excluding hydrogens is 212 g/mol. The largest absolute Gasteiger partial charge is 0.333 e. The third-order valence-corrected chi connectivity index (χ3v) is 3.32. The molecule has 1 N–H and O–H groups in total. The van der Waals surface area contributed by atoms with E-state index in [-0.39, 0.29) is 11.9 Å². The molecule has 1 aliphatic rings. The molecule has 1 aliphatic heterocycles. The quantitative estimate of drug-likeness (QED) is 0.801. The first-order chi connectivity index (χ1) is 8.08. The number of carbonyl (C=O) groups is 1. The third-order valence-electron chi connectivity index (χ3n) is 3.32. The van der Waals surface area contributed by atoms with Crippen LogP contribution >= 0.6 is 0 Å². The Kier molecular flexibility index (Phi) is 3.48. The predicted octanol–water partition coefficient (Wildman–Crippen LogP) is 1.82. The highest BCUT2D eigenvalue weighted by molar-refractivity contribution is 5.94. The number of aryl methyl sites for hydroxylation is 1. The van der Waals surface area contributed by atoms with Gasteiger partial charge in [0, 0.05) is 30.7 Å². The number of amides is 1. The van der Waals surface area contributed by atoms with Gasteiger partial charge in [0.1, 0.15) is 0 Å². The third kappa shape index (κ3) is 2.67. The summed E-state index contributed by atoms with van der Waals surface area (Å²) in [6, 6.07) is 8.45. The summed E-state index contributed by atoms with van der Waals surface area (Å²) < 4.78 is 0. The van der Waals surface area contributed by atoms with Gasteiger partial charge in [-0.3, -0.25) is 4.79 Å². The number of piperazine rings is 1. The molecule has 1 amide bonds. The SMILES string of the molecule is Cc1ccc(C(=O)N2CC(C)NCC2C)cc1. The van der Waals surface area contributed by atoms with Crippen molar-refractivity contribution >= 4 is 5.91 Å². The predicted molar refractivity (Wildman–Crippen MR) is 69.1 cm³/mol. The van der Waals surface area contributed by atoms with Gasteiger partial charge < -0.3 is 10.2 Å². The van der Waals surface area contributed by atoms with Crippen LogP contribution in [0.1, 0.15) is 29.8 Å². The van der Waals surface area contributed by atoms with Crippen LogP contribution in [0, 0.1) is 6.92 Å². The lowest BCUT2D eigenvalue weighted by molar-refractivity contribution is 0.0616. The van der Waals surface area contributed by atoms with Crippen molar-refractivity contribution in [3.8, 4) is 0 Å². The van der Waals surface area contributed by atoms with E-state index in [1.165, 1.54) is 5.56 Å². The number of nitrogens with zero attached hydrogens (tertiary/aromatic N) is 1. The lowest BCUT2D eigenvalue weighted by Gasteiger charge is -2.37. The summed E-state index contributed by atoms with van der Waals surface area (Å²) >= 11 is 0. The normalized spacial score (nSPS) is 24.8. The molecule has 1 heterocycles. The highest BCUT2D eigenvalue weighted by Crippen LogP contribution is 2.13. The van der Waals surface area contributed by atoms with Crippen LogP contribution in [0.2, 0.25) is 0 Å². The zero-order chi connectivity index (χ0) is 12.4. The minimum absolute atomic E-state index is 0.144. The van der Waals surface area contributed by atoms with Gasteiger partial charge in [-0.15, -0.1) is 0 Å². The van der Waals surface area contributed by atoms with Crippen molar-refractivity contribution in [1.29, 1.82) is 0 Å². The van der Waals surface area contributed by atoms with Crippen LogP contribution in [-0.4, -0.2) is 36.0 Å². The topological polar surface area (TPSA) is 32.3 Å². The van der Waals surface area contributed by atoms with E-state index in [4.69, 9.17) is 0 Å². The van der Waals surface area contributed by atoms with Crippen LogP contribution in [0.4, 0.5) is 0 Å². The Labute approximate surface area is 103 Å². The minimum Gasteiger partial charge on any atom is -0.333 e. The maximum Gasteiger partial charge on any atom is 0.254 e. The first-order valence-corrected chi connectivity index (χ1v) is 6.19. The lowest BCUT2D eigenvalue weighted by atomic mass is 10.1. The van der Waals surface area contributed by atoms with Gasteiger partial charge in [-0.25, -0.2) is 0 Å². The Balaban J connectivity index is 2.15. The molecule has 0 aliphatic carbocycles. The van der Waals surface area contributed by atoms with E-state index in [0.29, 0.717) is 6.04 Å². The van der Waals surface area contributed by atoms with Crippen molar-refractivity contribution < 1.29 is 4.79 Å². The van der Waals surface area contributed by atoms with Crippen LogP contribution in [0.25, 0.3) is 0 Å². The summed E-state index contributed by atoms with van der Waals surface area (Å²) in [5, 5.41) is 3.38. The monoisotopic (exact) mass is 232 g/mol. The van der Waals surface area contributed by atoms with Crippen molar-refractivity contribution in [2.45, 2.75) is 32.9 Å². The maximum absolute atomic E-state index is 12.4. The summed E-state index contributed by atoms with van der Waals surface area (Å²) in [4.78, 5) is 14.3. The summed E-state index contributed by atoms with van der Waals surface area (Å²) in [5.41, 5.74) is 1.97. The van der Waals surface area contributed by atoms with E-state index in [1.807, 2.05) is 36.1 Å². The van der Waals surface area contributed by atoms with Gasteiger partial charge in [0.15, 0.2) is 0 Å². The number of rotatable bonds is 1. The van der Waals surface area contributed by atoms with Gasteiger partial charge in [-0.1, -0.05) is 17.7 Å². The lowest BCUT2D eigenvalue weighted by Crippen LogP contribution is -2.56. The Bertz CT molecular complexity index is 399. The molecular formula is C14H20N2O. The van der Waals surface area contributed by atoms with Crippen molar-refractivity contribution in [3.63, 3.8) is 0 Å². The zero-order valence-electron chi connectivity index (χ0n) is 10.7. The van der Waals surface area contributed by atoms with E-state index < -0.39 is 0 Å². The number of carbonyl (C=O) groups excluding carboxylic acids is 1. The molecule has 0 saturated carbocycles. The molecule has 17 heavy (non-hydrogen) atoms. The molecule has 2 atom stereocenters. The molecule has 2 unspecified atom stereocenters.